The predicted molar refractivity (Wildman–Crippen MR) is 119 cm³/mol. The number of aromatic nitrogens is 2. The van der Waals surface area contributed by atoms with Crippen LogP contribution in [0, 0.1) is 11.3 Å². The molecule has 0 aliphatic rings. The van der Waals surface area contributed by atoms with Crippen LogP contribution in [0.1, 0.15) is 23.7 Å². The number of benzene rings is 2. The fraction of sp³-hybridized carbons (Fsp3) is 0.167. The quantitative estimate of drug-likeness (QED) is 0.365. The molecule has 0 aliphatic carbocycles. The molecule has 6 nitrogen and oxygen atoms in total. The molecule has 4 aromatic rings. The molecule has 0 bridgehead atoms. The lowest BCUT2D eigenvalue weighted by atomic mass is 10.1. The van der Waals surface area contributed by atoms with E-state index in [-0.39, 0.29) is 21.9 Å². The summed E-state index contributed by atoms with van der Waals surface area (Å²) in [7, 11) is -3.66. The maximum absolute atomic E-state index is 13.5. The highest BCUT2D eigenvalue weighted by atomic mass is 32.2. The van der Waals surface area contributed by atoms with Gasteiger partial charge in [0.1, 0.15) is 23.2 Å². The van der Waals surface area contributed by atoms with E-state index in [9.17, 15) is 26.9 Å². The van der Waals surface area contributed by atoms with E-state index in [1.807, 2.05) is 13.0 Å². The number of hydrogen-bond donors (Lipinski definition) is 0. The van der Waals surface area contributed by atoms with E-state index in [0.29, 0.717) is 29.1 Å². The number of ether oxygens (including phenoxy) is 1. The largest absolute Gasteiger partial charge is 0.457 e. The number of rotatable bonds is 5. The lowest BCUT2D eigenvalue weighted by Gasteiger charge is -2.11. The Bertz CT molecular complexity index is 1550. The molecule has 0 amide bonds. The molecule has 0 spiro atoms. The predicted octanol–water partition coefficient (Wildman–Crippen LogP) is 5.65. The summed E-state index contributed by atoms with van der Waals surface area (Å²) >= 11 is 0. The van der Waals surface area contributed by atoms with E-state index < -0.39 is 21.6 Å². The third-order valence-corrected chi connectivity index (χ3v) is 6.32. The topological polar surface area (TPSA) is 84.5 Å². The maximum atomic E-state index is 13.5. The zero-order chi connectivity index (χ0) is 24.7. The third-order valence-electron chi connectivity index (χ3n) is 5.18. The number of hydrogen-bond acceptors (Lipinski definition) is 5. The minimum absolute atomic E-state index is 0.00221. The minimum atomic E-state index is -4.55. The van der Waals surface area contributed by atoms with Crippen LogP contribution in [-0.4, -0.2) is 24.1 Å². The fourth-order valence-corrected chi connectivity index (χ4v) is 4.54. The van der Waals surface area contributed by atoms with Gasteiger partial charge >= 0.3 is 6.18 Å². The number of fused-ring (bicyclic) bond motifs is 1. The molecule has 4 rings (SSSR count). The van der Waals surface area contributed by atoms with Gasteiger partial charge in [-0.15, -0.1) is 0 Å². The van der Waals surface area contributed by atoms with Crippen LogP contribution < -0.4 is 4.74 Å². The molecule has 34 heavy (non-hydrogen) atoms. The first-order valence-corrected chi connectivity index (χ1v) is 12.0. The number of pyridine rings is 1. The Kier molecular flexibility index (Phi) is 5.83. The first-order valence-electron chi connectivity index (χ1n) is 10.1. The van der Waals surface area contributed by atoms with Crippen LogP contribution in [0.5, 0.6) is 11.5 Å². The Hall–Kier alpha value is -3.84. The summed E-state index contributed by atoms with van der Waals surface area (Å²) in [5.74, 6) is 0.537. The van der Waals surface area contributed by atoms with Gasteiger partial charge in [0.2, 0.25) is 0 Å². The Morgan fingerprint density at radius 1 is 1.09 bits per heavy atom. The Morgan fingerprint density at radius 2 is 1.82 bits per heavy atom. The molecular weight excluding hydrogens is 467 g/mol. The molecule has 0 unspecified atom stereocenters. The van der Waals surface area contributed by atoms with Crippen molar-refractivity contribution in [2.45, 2.75) is 24.4 Å². The van der Waals surface area contributed by atoms with Gasteiger partial charge in [-0.3, -0.25) is 4.40 Å². The number of nitriles is 1. The first kappa shape index (κ1) is 23.3. The van der Waals surface area contributed by atoms with Crippen molar-refractivity contribution >= 4 is 15.5 Å². The highest BCUT2D eigenvalue weighted by Crippen LogP contribution is 2.36. The summed E-state index contributed by atoms with van der Waals surface area (Å²) in [6, 6.07) is 14.9. The monoisotopic (exact) mass is 485 g/mol. The molecule has 0 aliphatic heterocycles. The number of aryl methyl sites for hydroxylation is 1. The zero-order valence-electron chi connectivity index (χ0n) is 18.1. The van der Waals surface area contributed by atoms with Crippen molar-refractivity contribution in [3.63, 3.8) is 0 Å². The van der Waals surface area contributed by atoms with E-state index in [2.05, 4.69) is 4.98 Å². The van der Waals surface area contributed by atoms with Crippen molar-refractivity contribution in [2.75, 3.05) is 6.26 Å². The van der Waals surface area contributed by atoms with E-state index in [1.165, 1.54) is 34.9 Å². The number of sulfone groups is 1. The molecule has 0 radical (unpaired) electrons. The van der Waals surface area contributed by atoms with Crippen LogP contribution in [0.15, 0.2) is 65.7 Å². The van der Waals surface area contributed by atoms with Crippen molar-refractivity contribution in [1.82, 2.24) is 9.38 Å². The van der Waals surface area contributed by atoms with Gasteiger partial charge < -0.3 is 4.74 Å². The Balaban J connectivity index is 1.80. The van der Waals surface area contributed by atoms with Crippen molar-refractivity contribution in [2.24, 2.45) is 0 Å². The van der Waals surface area contributed by atoms with E-state index >= 15 is 0 Å². The standard InChI is InChI=1S/C24H18F3N3O3S/c1-3-20-22(30-11-5-8-19(23(30)29-20)24(25,26)27)15-6-4-7-17(12-15)33-18-10-9-16(14-28)21(13-18)34(2,31)32/h4-13H,3H2,1-2H3. The van der Waals surface area contributed by atoms with Crippen molar-refractivity contribution in [3.8, 4) is 28.8 Å². The lowest BCUT2D eigenvalue weighted by Crippen LogP contribution is -2.07. The molecule has 0 N–H and O–H groups in total. The molecule has 0 atom stereocenters. The van der Waals surface area contributed by atoms with E-state index in [1.54, 1.807) is 24.3 Å². The molecule has 0 saturated heterocycles. The van der Waals surface area contributed by atoms with Gasteiger partial charge in [-0.1, -0.05) is 19.1 Å². The fourth-order valence-electron chi connectivity index (χ4n) is 3.70. The second-order valence-electron chi connectivity index (χ2n) is 7.55. The second kappa shape index (κ2) is 8.50. The molecular formula is C24H18F3N3O3S. The van der Waals surface area contributed by atoms with E-state index in [4.69, 9.17) is 4.74 Å². The van der Waals surface area contributed by atoms with Crippen LogP contribution in [0.3, 0.4) is 0 Å². The molecule has 0 fully saturated rings. The molecule has 174 valence electrons. The Morgan fingerprint density at radius 3 is 2.47 bits per heavy atom. The molecule has 2 heterocycles. The van der Waals surface area contributed by atoms with Gasteiger partial charge in [0, 0.05) is 24.1 Å². The highest BCUT2D eigenvalue weighted by Gasteiger charge is 2.34. The number of nitrogens with zero attached hydrogens (tertiary/aromatic N) is 3. The van der Waals surface area contributed by atoms with E-state index in [0.717, 1.165) is 12.3 Å². The van der Waals surface area contributed by atoms with Crippen LogP contribution in [0.4, 0.5) is 13.2 Å². The van der Waals surface area contributed by atoms with Crippen molar-refractivity contribution < 1.29 is 26.3 Å². The summed E-state index contributed by atoms with van der Waals surface area (Å²) in [6.07, 6.45) is -1.61. The molecule has 2 aromatic heterocycles. The smallest absolute Gasteiger partial charge is 0.419 e. The van der Waals surface area contributed by atoms with Gasteiger partial charge in [-0.2, -0.15) is 18.4 Å². The SMILES string of the molecule is CCc1nc2c(C(F)(F)F)cccn2c1-c1cccc(Oc2ccc(C#N)c(S(C)(=O)=O)c2)c1. The van der Waals surface area contributed by atoms with Gasteiger partial charge in [0.15, 0.2) is 9.84 Å². The van der Waals surface area contributed by atoms with Gasteiger partial charge in [-0.25, -0.2) is 13.4 Å². The van der Waals surface area contributed by atoms with Crippen LogP contribution in [-0.2, 0) is 22.4 Å². The van der Waals surface area contributed by atoms with Gasteiger partial charge in [-0.05, 0) is 42.8 Å². The highest BCUT2D eigenvalue weighted by molar-refractivity contribution is 7.90. The number of halogens is 3. The average molecular weight is 485 g/mol. The second-order valence-corrected chi connectivity index (χ2v) is 9.53. The number of alkyl halides is 3. The summed E-state index contributed by atoms with van der Waals surface area (Å²) in [6.45, 7) is 1.81. The molecule has 2 aromatic carbocycles. The third kappa shape index (κ3) is 4.34. The Labute approximate surface area is 193 Å². The summed E-state index contributed by atoms with van der Waals surface area (Å²) in [5, 5.41) is 9.18. The number of imidazole rings is 1. The minimum Gasteiger partial charge on any atom is -0.457 e. The maximum Gasteiger partial charge on any atom is 0.419 e. The summed E-state index contributed by atoms with van der Waals surface area (Å²) in [4.78, 5) is 4.10. The van der Waals surface area contributed by atoms with Gasteiger partial charge in [0.05, 0.1) is 27.4 Å². The first-order chi connectivity index (χ1) is 16.0. The van der Waals surface area contributed by atoms with Crippen molar-refractivity contribution in [3.05, 3.63) is 77.6 Å². The van der Waals surface area contributed by atoms with Crippen molar-refractivity contribution in [1.29, 1.82) is 5.26 Å². The summed E-state index contributed by atoms with van der Waals surface area (Å²) in [5.41, 5.74) is 0.574. The summed E-state index contributed by atoms with van der Waals surface area (Å²) < 4.78 is 71.8. The average Bonchev–Trinajstić information content (AvgIpc) is 3.16. The zero-order valence-corrected chi connectivity index (χ0v) is 18.9. The normalized spacial score (nSPS) is 12.0. The molecule has 10 heteroatoms. The van der Waals surface area contributed by atoms with Crippen LogP contribution in [0.2, 0.25) is 0 Å². The molecule has 0 saturated carbocycles. The van der Waals surface area contributed by atoms with Crippen LogP contribution in [0.25, 0.3) is 16.9 Å². The van der Waals surface area contributed by atoms with Crippen LogP contribution >= 0.6 is 0 Å². The lowest BCUT2D eigenvalue weighted by molar-refractivity contribution is -0.136. The van der Waals surface area contributed by atoms with Gasteiger partial charge in [0.25, 0.3) is 0 Å².